The predicted molar refractivity (Wildman–Crippen MR) is 93.3 cm³/mol. The van der Waals surface area contributed by atoms with Gasteiger partial charge in [-0.15, -0.1) is 0 Å². The summed E-state index contributed by atoms with van der Waals surface area (Å²) in [7, 11) is 0. The fraction of sp³-hybridized carbons (Fsp3) is 0.118. The average molecular weight is 360 g/mol. The Kier molecular flexibility index (Phi) is 4.58. The maximum absolute atomic E-state index is 12.5. The quantitative estimate of drug-likeness (QED) is 0.747. The predicted octanol–water partition coefficient (Wildman–Crippen LogP) is 2.39. The van der Waals surface area contributed by atoms with Gasteiger partial charge < -0.3 is 14.7 Å². The number of halogens is 1. The number of carbonyl (C=O) groups excluding carboxylic acids is 1. The molecule has 0 saturated heterocycles. The van der Waals surface area contributed by atoms with Gasteiger partial charge in [0.25, 0.3) is 11.5 Å². The number of amides is 1. The number of furan rings is 1. The maximum atomic E-state index is 12.5. The zero-order valence-corrected chi connectivity index (χ0v) is 14.0. The van der Waals surface area contributed by atoms with Crippen LogP contribution in [0.25, 0.3) is 0 Å². The smallest absolute Gasteiger partial charge is 0.328 e. The lowest BCUT2D eigenvalue weighted by Crippen LogP contribution is -2.39. The number of nitrogens with one attached hydrogen (secondary N) is 2. The zero-order valence-electron chi connectivity index (χ0n) is 13.2. The summed E-state index contributed by atoms with van der Waals surface area (Å²) in [6.07, 6.45) is 2.54. The van der Waals surface area contributed by atoms with Crippen LogP contribution in [0.2, 0.25) is 5.02 Å². The summed E-state index contributed by atoms with van der Waals surface area (Å²) in [5.41, 5.74) is -0.232. The van der Waals surface area contributed by atoms with Gasteiger partial charge in [-0.1, -0.05) is 11.6 Å². The van der Waals surface area contributed by atoms with Gasteiger partial charge in [-0.25, -0.2) is 4.79 Å². The van der Waals surface area contributed by atoms with Gasteiger partial charge >= 0.3 is 5.69 Å². The van der Waals surface area contributed by atoms with Crippen LogP contribution in [-0.4, -0.2) is 15.5 Å². The highest BCUT2D eigenvalue weighted by Crippen LogP contribution is 2.19. The topological polar surface area (TPSA) is 97.1 Å². The van der Waals surface area contributed by atoms with E-state index >= 15 is 0 Å². The molecule has 1 aromatic carbocycles. The Balaban J connectivity index is 1.93. The number of rotatable bonds is 4. The van der Waals surface area contributed by atoms with E-state index in [1.807, 2.05) is 0 Å². The third kappa shape index (κ3) is 3.56. The van der Waals surface area contributed by atoms with E-state index in [2.05, 4.69) is 10.3 Å². The van der Waals surface area contributed by atoms with Crippen molar-refractivity contribution in [2.75, 3.05) is 5.32 Å². The molecule has 0 bridgehead atoms. The van der Waals surface area contributed by atoms with Crippen molar-refractivity contribution in [1.82, 2.24) is 9.55 Å². The van der Waals surface area contributed by atoms with Gasteiger partial charge in [0.15, 0.2) is 0 Å². The molecule has 2 N–H and O–H groups in total. The van der Waals surface area contributed by atoms with E-state index in [1.165, 1.54) is 6.26 Å². The SMILES string of the molecule is Cc1cc(Cl)ccc1NC(=O)c1c[nH]c(=O)n(Cc2ccco2)c1=O. The van der Waals surface area contributed by atoms with Crippen molar-refractivity contribution in [2.45, 2.75) is 13.5 Å². The number of aromatic amines is 1. The Bertz CT molecular complexity index is 1030. The van der Waals surface area contributed by atoms with Gasteiger partial charge in [0.2, 0.25) is 0 Å². The van der Waals surface area contributed by atoms with Gasteiger partial charge in [-0.3, -0.25) is 14.2 Å². The van der Waals surface area contributed by atoms with Gasteiger partial charge in [-0.2, -0.15) is 0 Å². The second kappa shape index (κ2) is 6.82. The lowest BCUT2D eigenvalue weighted by Gasteiger charge is -2.09. The second-order valence-corrected chi connectivity index (χ2v) is 5.83. The summed E-state index contributed by atoms with van der Waals surface area (Å²) in [5, 5.41) is 3.19. The molecular formula is C17H14ClN3O4. The van der Waals surface area contributed by atoms with Crippen LogP contribution in [0, 0.1) is 6.92 Å². The normalized spacial score (nSPS) is 10.6. The third-order valence-corrected chi connectivity index (χ3v) is 3.87. The van der Waals surface area contributed by atoms with Crippen molar-refractivity contribution in [3.8, 4) is 0 Å². The van der Waals surface area contributed by atoms with Gasteiger partial charge in [0.05, 0.1) is 12.8 Å². The van der Waals surface area contributed by atoms with Crippen LogP contribution in [0.4, 0.5) is 5.69 Å². The number of hydrogen-bond acceptors (Lipinski definition) is 4. The first-order valence-electron chi connectivity index (χ1n) is 7.38. The van der Waals surface area contributed by atoms with Gasteiger partial charge in [0.1, 0.15) is 11.3 Å². The van der Waals surface area contributed by atoms with Crippen LogP contribution < -0.4 is 16.6 Å². The minimum absolute atomic E-state index is 0.0672. The van der Waals surface area contributed by atoms with E-state index in [0.29, 0.717) is 16.5 Å². The number of nitrogens with zero attached hydrogens (tertiary/aromatic N) is 1. The summed E-state index contributed by atoms with van der Waals surface area (Å²) in [6.45, 7) is 1.71. The summed E-state index contributed by atoms with van der Waals surface area (Å²) in [6, 6.07) is 8.25. The molecule has 0 atom stereocenters. The van der Waals surface area contributed by atoms with E-state index in [0.717, 1.165) is 16.3 Å². The summed E-state index contributed by atoms with van der Waals surface area (Å²) in [4.78, 5) is 39.2. The molecule has 0 spiro atoms. The molecule has 3 rings (SSSR count). The Hall–Kier alpha value is -3.06. The molecule has 2 aromatic heterocycles. The number of carbonyl (C=O) groups is 1. The fourth-order valence-electron chi connectivity index (χ4n) is 2.33. The summed E-state index contributed by atoms with van der Waals surface area (Å²) >= 11 is 5.89. The first kappa shape index (κ1) is 16.8. The number of anilines is 1. The lowest BCUT2D eigenvalue weighted by molar-refractivity contribution is 0.102. The van der Waals surface area contributed by atoms with Crippen LogP contribution in [0.15, 0.2) is 56.8 Å². The van der Waals surface area contributed by atoms with Gasteiger partial charge in [0, 0.05) is 16.9 Å². The molecule has 0 radical (unpaired) electrons. The zero-order chi connectivity index (χ0) is 18.0. The molecule has 0 aliphatic rings. The van der Waals surface area contributed by atoms with Crippen LogP contribution >= 0.6 is 11.6 Å². The summed E-state index contributed by atoms with van der Waals surface area (Å²) in [5.74, 6) is -0.196. The monoisotopic (exact) mass is 359 g/mol. The van der Waals surface area contributed by atoms with Crippen molar-refractivity contribution in [1.29, 1.82) is 0 Å². The first-order valence-corrected chi connectivity index (χ1v) is 7.76. The highest BCUT2D eigenvalue weighted by atomic mass is 35.5. The van der Waals surface area contributed by atoms with Crippen molar-refractivity contribution in [2.24, 2.45) is 0 Å². The van der Waals surface area contributed by atoms with Crippen molar-refractivity contribution in [3.63, 3.8) is 0 Å². The van der Waals surface area contributed by atoms with E-state index in [-0.39, 0.29) is 12.1 Å². The third-order valence-electron chi connectivity index (χ3n) is 3.64. The molecule has 128 valence electrons. The molecule has 0 unspecified atom stereocenters. The van der Waals surface area contributed by atoms with E-state index in [9.17, 15) is 14.4 Å². The minimum atomic E-state index is -0.704. The summed E-state index contributed by atoms with van der Waals surface area (Å²) < 4.78 is 6.05. The van der Waals surface area contributed by atoms with E-state index < -0.39 is 17.2 Å². The fourth-order valence-corrected chi connectivity index (χ4v) is 2.56. The molecule has 0 saturated carbocycles. The van der Waals surface area contributed by atoms with Crippen LogP contribution in [-0.2, 0) is 6.54 Å². The number of benzene rings is 1. The Morgan fingerprint density at radius 3 is 2.80 bits per heavy atom. The Labute approximate surface area is 146 Å². The van der Waals surface area contributed by atoms with Crippen LogP contribution in [0.3, 0.4) is 0 Å². The van der Waals surface area contributed by atoms with Crippen LogP contribution in [0.5, 0.6) is 0 Å². The Morgan fingerprint density at radius 2 is 2.12 bits per heavy atom. The van der Waals surface area contributed by atoms with E-state index in [4.69, 9.17) is 16.0 Å². The highest BCUT2D eigenvalue weighted by Gasteiger charge is 2.16. The molecule has 0 aliphatic heterocycles. The minimum Gasteiger partial charge on any atom is -0.467 e. The molecule has 25 heavy (non-hydrogen) atoms. The molecule has 0 aliphatic carbocycles. The molecule has 1 amide bonds. The van der Waals surface area contributed by atoms with Crippen molar-refractivity contribution < 1.29 is 9.21 Å². The largest absolute Gasteiger partial charge is 0.467 e. The number of aromatic nitrogens is 2. The molecule has 3 aromatic rings. The van der Waals surface area contributed by atoms with Crippen molar-refractivity contribution >= 4 is 23.2 Å². The lowest BCUT2D eigenvalue weighted by atomic mass is 10.2. The molecule has 0 fully saturated rings. The number of H-pyrrole nitrogens is 1. The van der Waals surface area contributed by atoms with Gasteiger partial charge in [-0.05, 0) is 42.8 Å². The number of aryl methyl sites for hydroxylation is 1. The maximum Gasteiger partial charge on any atom is 0.328 e. The van der Waals surface area contributed by atoms with E-state index in [1.54, 1.807) is 37.3 Å². The second-order valence-electron chi connectivity index (χ2n) is 5.39. The Morgan fingerprint density at radius 1 is 1.32 bits per heavy atom. The number of hydrogen-bond donors (Lipinski definition) is 2. The van der Waals surface area contributed by atoms with Crippen molar-refractivity contribution in [3.05, 3.63) is 85.5 Å². The first-order chi connectivity index (χ1) is 12.0. The molecular weight excluding hydrogens is 346 g/mol. The molecule has 2 heterocycles. The average Bonchev–Trinajstić information content (AvgIpc) is 3.07. The standard InChI is InChI=1S/C17H14ClN3O4/c1-10-7-11(18)4-5-14(10)20-15(22)13-8-19-17(24)21(16(13)23)9-12-3-2-6-25-12/h2-8H,9H2,1H3,(H,19,24)(H,20,22). The highest BCUT2D eigenvalue weighted by molar-refractivity contribution is 6.30. The molecule has 7 nitrogen and oxygen atoms in total. The molecule has 8 heteroatoms. The van der Waals surface area contributed by atoms with Crippen LogP contribution in [0.1, 0.15) is 21.7 Å².